The van der Waals surface area contributed by atoms with Crippen LogP contribution in [0, 0.1) is 39.7 Å². The number of aliphatic hydroxyl groups excluding tert-OH is 1. The van der Waals surface area contributed by atoms with Crippen LogP contribution in [0.5, 0.6) is 0 Å². The van der Waals surface area contributed by atoms with Gasteiger partial charge in [-0.1, -0.05) is 26.3 Å². The number of fused-ring (bicyclic) bond motifs is 6. The van der Waals surface area contributed by atoms with Gasteiger partial charge in [0.25, 0.3) is 0 Å². The van der Waals surface area contributed by atoms with Crippen LogP contribution in [0.4, 0.5) is 8.78 Å². The van der Waals surface area contributed by atoms with Crippen molar-refractivity contribution in [2.24, 2.45) is 28.1 Å². The van der Waals surface area contributed by atoms with Gasteiger partial charge in [0.05, 0.1) is 23.7 Å². The van der Waals surface area contributed by atoms with Gasteiger partial charge in [0.2, 0.25) is 0 Å². The minimum Gasteiger partial charge on any atom is -0.479 e. The van der Waals surface area contributed by atoms with Gasteiger partial charge in [-0.3, -0.25) is 0 Å². The van der Waals surface area contributed by atoms with E-state index in [2.05, 4.69) is 25.0 Å². The summed E-state index contributed by atoms with van der Waals surface area (Å²) < 4.78 is 29.2. The molecular formula is C29H34F2N2O4. The number of carbonyl (C=O) groups is 1. The first-order chi connectivity index (χ1) is 17.4. The highest BCUT2D eigenvalue weighted by atomic mass is 19.2. The quantitative estimate of drug-likeness (QED) is 0.544. The second-order valence-electron chi connectivity index (χ2n) is 12.3. The molecule has 0 saturated heterocycles. The number of carboxylic acid groups (broad SMARTS) is 1. The Bertz CT molecular complexity index is 1340. The van der Waals surface area contributed by atoms with Crippen LogP contribution in [-0.2, 0) is 11.2 Å². The summed E-state index contributed by atoms with van der Waals surface area (Å²) in [4.78, 5) is 12.2. The molecule has 3 saturated carbocycles. The first-order valence-corrected chi connectivity index (χ1v) is 13.3. The van der Waals surface area contributed by atoms with E-state index in [4.69, 9.17) is 0 Å². The number of carboxylic acids is 1. The molecule has 0 amide bonds. The molecule has 6 rings (SSSR count). The molecule has 1 aromatic heterocycles. The van der Waals surface area contributed by atoms with E-state index in [-0.39, 0.29) is 35.5 Å². The number of allylic oxidation sites excluding steroid dienone is 1. The lowest BCUT2D eigenvalue weighted by atomic mass is 9.39. The molecular weight excluding hydrogens is 478 g/mol. The number of halogens is 2. The molecule has 0 unspecified atom stereocenters. The van der Waals surface area contributed by atoms with Gasteiger partial charge in [0.15, 0.2) is 17.2 Å². The van der Waals surface area contributed by atoms with Crippen LogP contribution >= 0.6 is 0 Å². The number of benzene rings is 1. The second-order valence-corrected chi connectivity index (χ2v) is 12.3. The lowest BCUT2D eigenvalue weighted by molar-refractivity contribution is -0.218. The predicted molar refractivity (Wildman–Crippen MR) is 133 cm³/mol. The number of aliphatic hydroxyl groups is 2. The van der Waals surface area contributed by atoms with Crippen LogP contribution < -0.4 is 0 Å². The summed E-state index contributed by atoms with van der Waals surface area (Å²) in [6.45, 7) is 6.21. The molecule has 1 aromatic carbocycles. The number of hydrogen-bond acceptors (Lipinski definition) is 4. The number of aliphatic carboxylic acids is 1. The van der Waals surface area contributed by atoms with Crippen molar-refractivity contribution in [1.29, 1.82) is 0 Å². The lowest BCUT2D eigenvalue weighted by Crippen LogP contribution is -2.66. The van der Waals surface area contributed by atoms with Crippen LogP contribution in [0.25, 0.3) is 11.8 Å². The van der Waals surface area contributed by atoms with E-state index in [0.717, 1.165) is 42.7 Å². The molecule has 37 heavy (non-hydrogen) atoms. The SMILES string of the molecule is CC[C@@]12CCC3=Cc4c(cnn4-c4ccc(F)c(F)c4)C[C@]3(C)[C@H]1[C@@H](O)C[C@@]1(C)[C@H]2CC[C@]1(O)C(=O)O. The van der Waals surface area contributed by atoms with E-state index in [0.29, 0.717) is 18.5 Å². The van der Waals surface area contributed by atoms with Crippen molar-refractivity contribution in [2.45, 2.75) is 77.4 Å². The summed E-state index contributed by atoms with van der Waals surface area (Å²) in [6, 6.07) is 3.76. The highest BCUT2D eigenvalue weighted by Gasteiger charge is 2.73. The fourth-order valence-electron chi connectivity index (χ4n) is 9.39. The maximum atomic E-state index is 14.0. The molecule has 198 valence electrons. The Hall–Kier alpha value is -2.58. The van der Waals surface area contributed by atoms with Crippen LogP contribution in [0.3, 0.4) is 0 Å². The first kappa shape index (κ1) is 24.7. The van der Waals surface area contributed by atoms with Gasteiger partial charge < -0.3 is 15.3 Å². The highest BCUT2D eigenvalue weighted by molar-refractivity contribution is 5.79. The third-order valence-electron chi connectivity index (χ3n) is 11.0. The van der Waals surface area contributed by atoms with Gasteiger partial charge in [0.1, 0.15) is 0 Å². The van der Waals surface area contributed by atoms with E-state index in [1.807, 2.05) is 6.92 Å². The first-order valence-electron chi connectivity index (χ1n) is 13.3. The zero-order valence-electron chi connectivity index (χ0n) is 21.5. The number of hydrogen-bond donors (Lipinski definition) is 3. The molecule has 0 bridgehead atoms. The van der Waals surface area contributed by atoms with Crippen LogP contribution in [0.2, 0.25) is 0 Å². The van der Waals surface area contributed by atoms with Gasteiger partial charge in [-0.25, -0.2) is 18.3 Å². The van der Waals surface area contributed by atoms with Gasteiger partial charge >= 0.3 is 5.97 Å². The van der Waals surface area contributed by atoms with Gasteiger partial charge in [0, 0.05) is 17.4 Å². The van der Waals surface area contributed by atoms with Crippen molar-refractivity contribution in [2.75, 3.05) is 0 Å². The Kier molecular flexibility index (Phi) is 5.17. The average molecular weight is 513 g/mol. The van der Waals surface area contributed by atoms with Crippen molar-refractivity contribution in [3.05, 3.63) is 52.9 Å². The molecule has 4 aliphatic carbocycles. The van der Waals surface area contributed by atoms with Gasteiger partial charge in [-0.2, -0.15) is 5.10 Å². The summed E-state index contributed by atoms with van der Waals surface area (Å²) >= 11 is 0. The second kappa shape index (κ2) is 7.73. The molecule has 0 aliphatic heterocycles. The minimum atomic E-state index is -1.84. The Morgan fingerprint density at radius 1 is 1.22 bits per heavy atom. The summed E-state index contributed by atoms with van der Waals surface area (Å²) in [5.74, 6) is -3.13. The molecule has 7 atom stereocenters. The monoisotopic (exact) mass is 512 g/mol. The number of nitrogens with zero attached hydrogens (tertiary/aromatic N) is 2. The van der Waals surface area contributed by atoms with Crippen molar-refractivity contribution in [1.82, 2.24) is 9.78 Å². The molecule has 6 nitrogen and oxygen atoms in total. The predicted octanol–water partition coefficient (Wildman–Crippen LogP) is 4.90. The van der Waals surface area contributed by atoms with Crippen molar-refractivity contribution < 1.29 is 28.9 Å². The number of aromatic nitrogens is 2. The Labute approximate surface area is 215 Å². The number of rotatable bonds is 3. The van der Waals surface area contributed by atoms with E-state index in [9.17, 15) is 28.9 Å². The third-order valence-corrected chi connectivity index (χ3v) is 11.0. The van der Waals surface area contributed by atoms with E-state index < -0.39 is 34.7 Å². The molecule has 0 spiro atoms. The average Bonchev–Trinajstić information content (AvgIpc) is 3.37. The largest absolute Gasteiger partial charge is 0.479 e. The Balaban J connectivity index is 1.43. The zero-order valence-corrected chi connectivity index (χ0v) is 21.5. The zero-order chi connectivity index (χ0) is 26.5. The van der Waals surface area contributed by atoms with Gasteiger partial charge in [-0.15, -0.1) is 0 Å². The molecule has 2 aromatic rings. The summed E-state index contributed by atoms with van der Waals surface area (Å²) in [5, 5.41) is 37.6. The molecule has 4 aliphatic rings. The van der Waals surface area contributed by atoms with E-state index in [1.165, 1.54) is 11.6 Å². The van der Waals surface area contributed by atoms with Gasteiger partial charge in [-0.05, 0) is 85.5 Å². The molecule has 3 fully saturated rings. The molecule has 1 heterocycles. The van der Waals surface area contributed by atoms with Crippen LogP contribution in [0.1, 0.15) is 70.6 Å². The van der Waals surface area contributed by atoms with E-state index in [1.54, 1.807) is 10.9 Å². The van der Waals surface area contributed by atoms with E-state index >= 15 is 0 Å². The van der Waals surface area contributed by atoms with Crippen molar-refractivity contribution >= 4 is 12.0 Å². The fourth-order valence-corrected chi connectivity index (χ4v) is 9.39. The minimum absolute atomic E-state index is 0.0100. The molecule has 3 N–H and O–H groups in total. The molecule has 0 radical (unpaired) electrons. The standard InChI is InChI=1S/C29H34F2N2O4/c1-4-28-9-7-17-11-21-16(15-32-33(21)18-5-6-19(30)20(31)12-18)13-26(17,2)24(28)22(34)14-27(3)23(28)8-10-29(27,37)25(35)36/h5-6,11-12,15,22-24,34,37H,4,7-10,13-14H2,1-3H3,(H,35,36)/t22-,23+,24+,26-,27-,28-,29-/m0/s1. The van der Waals surface area contributed by atoms with Crippen molar-refractivity contribution in [3.8, 4) is 5.69 Å². The summed E-state index contributed by atoms with van der Waals surface area (Å²) in [7, 11) is 0. The fraction of sp³-hybridized carbons (Fsp3) is 0.586. The summed E-state index contributed by atoms with van der Waals surface area (Å²) in [5.41, 5.74) is 0.0723. The van der Waals surface area contributed by atoms with Crippen LogP contribution in [0.15, 0.2) is 30.0 Å². The topological polar surface area (TPSA) is 95.6 Å². The smallest absolute Gasteiger partial charge is 0.336 e. The maximum Gasteiger partial charge on any atom is 0.336 e. The van der Waals surface area contributed by atoms with Crippen molar-refractivity contribution in [3.63, 3.8) is 0 Å². The maximum absolute atomic E-state index is 14.0. The third kappa shape index (κ3) is 2.97. The summed E-state index contributed by atoms with van der Waals surface area (Å²) in [6.07, 6.45) is 7.23. The van der Waals surface area contributed by atoms with Crippen LogP contribution in [-0.4, -0.2) is 42.8 Å². The Morgan fingerprint density at radius 2 is 1.97 bits per heavy atom. The lowest BCUT2D eigenvalue weighted by Gasteiger charge is -2.66. The highest BCUT2D eigenvalue weighted by Crippen LogP contribution is 2.73. The normalized spacial score (nSPS) is 40.3. The Morgan fingerprint density at radius 3 is 2.65 bits per heavy atom. The molecule has 8 heteroatoms.